The van der Waals surface area contributed by atoms with Crippen LogP contribution in [0, 0.1) is 11.8 Å². The molecule has 110 valence electrons. The zero-order chi connectivity index (χ0) is 14.1. The number of rotatable bonds is 2. The molecule has 0 bridgehead atoms. The van der Waals surface area contributed by atoms with E-state index < -0.39 is 0 Å². The number of nitrogens with zero attached hydrogens (tertiary/aromatic N) is 1. The average Bonchev–Trinajstić information content (AvgIpc) is 2.55. The van der Waals surface area contributed by atoms with Gasteiger partial charge in [0.25, 0.3) is 0 Å². The van der Waals surface area contributed by atoms with Gasteiger partial charge in [-0.1, -0.05) is 37.8 Å². The predicted molar refractivity (Wildman–Crippen MR) is 88.5 cm³/mol. The molecular formula is C19H24N2. The molecule has 2 nitrogen and oxygen atoms in total. The first kappa shape index (κ1) is 13.1. The van der Waals surface area contributed by atoms with E-state index in [0.29, 0.717) is 6.04 Å². The number of hydrogen-bond donors (Lipinski definition) is 1. The van der Waals surface area contributed by atoms with Crippen molar-refractivity contribution >= 4 is 16.5 Å². The standard InChI is InChI=1S/C19H24N2/c1-2-5-16-12-17(9-8-14(16)4-1)21-19-7-3-6-15-10-11-20-13-18(15)19/h3,6-7,10-11,13-14,16-17,21H,1-2,4-5,8-9,12H2. The van der Waals surface area contributed by atoms with E-state index in [1.165, 1.54) is 61.4 Å². The summed E-state index contributed by atoms with van der Waals surface area (Å²) < 4.78 is 0. The Morgan fingerprint density at radius 1 is 0.952 bits per heavy atom. The Labute approximate surface area is 127 Å². The Morgan fingerprint density at radius 3 is 2.81 bits per heavy atom. The van der Waals surface area contributed by atoms with Gasteiger partial charge in [0.2, 0.25) is 0 Å². The lowest BCUT2D eigenvalue weighted by molar-refractivity contribution is 0.162. The average molecular weight is 280 g/mol. The van der Waals surface area contributed by atoms with Crippen LogP contribution in [0.4, 0.5) is 5.69 Å². The third kappa shape index (κ3) is 2.64. The van der Waals surface area contributed by atoms with Crippen molar-refractivity contribution in [2.75, 3.05) is 5.32 Å². The molecule has 2 heteroatoms. The predicted octanol–water partition coefficient (Wildman–Crippen LogP) is 5.01. The number of benzene rings is 1. The van der Waals surface area contributed by atoms with Crippen LogP contribution in [0.25, 0.3) is 10.8 Å². The van der Waals surface area contributed by atoms with Crippen LogP contribution in [0.2, 0.25) is 0 Å². The van der Waals surface area contributed by atoms with Crippen LogP contribution in [0.15, 0.2) is 36.7 Å². The SMILES string of the molecule is c1cc(NC2CCC3CCCCC3C2)c2cnccc2c1. The normalized spacial score (nSPS) is 29.0. The molecule has 0 aliphatic heterocycles. The molecule has 0 radical (unpaired) electrons. The lowest BCUT2D eigenvalue weighted by atomic mass is 9.69. The molecule has 3 unspecified atom stereocenters. The van der Waals surface area contributed by atoms with Crippen molar-refractivity contribution in [3.05, 3.63) is 36.7 Å². The molecule has 2 saturated carbocycles. The van der Waals surface area contributed by atoms with Crippen LogP contribution in [-0.4, -0.2) is 11.0 Å². The van der Waals surface area contributed by atoms with Crippen molar-refractivity contribution in [3.63, 3.8) is 0 Å². The first-order valence-corrected chi connectivity index (χ1v) is 8.49. The molecule has 2 aromatic rings. The molecule has 0 amide bonds. The van der Waals surface area contributed by atoms with Gasteiger partial charge in [-0.2, -0.15) is 0 Å². The number of nitrogens with one attached hydrogen (secondary N) is 1. The van der Waals surface area contributed by atoms with Gasteiger partial charge < -0.3 is 5.32 Å². The fraction of sp³-hybridized carbons (Fsp3) is 0.526. The molecule has 3 atom stereocenters. The van der Waals surface area contributed by atoms with Gasteiger partial charge in [-0.3, -0.25) is 4.98 Å². The number of aromatic nitrogens is 1. The highest BCUT2D eigenvalue weighted by Gasteiger charge is 2.32. The Hall–Kier alpha value is -1.57. The second-order valence-electron chi connectivity index (χ2n) is 6.86. The van der Waals surface area contributed by atoms with Gasteiger partial charge in [0.15, 0.2) is 0 Å². The summed E-state index contributed by atoms with van der Waals surface area (Å²) in [4.78, 5) is 4.29. The quantitative estimate of drug-likeness (QED) is 0.836. The summed E-state index contributed by atoms with van der Waals surface area (Å²) in [7, 11) is 0. The third-order valence-corrected chi connectivity index (χ3v) is 5.58. The summed E-state index contributed by atoms with van der Waals surface area (Å²) in [6.45, 7) is 0. The smallest absolute Gasteiger partial charge is 0.0437 e. The fourth-order valence-corrected chi connectivity index (χ4v) is 4.46. The summed E-state index contributed by atoms with van der Waals surface area (Å²) in [6.07, 6.45) is 13.8. The molecule has 2 aliphatic rings. The highest BCUT2D eigenvalue weighted by atomic mass is 14.9. The van der Waals surface area contributed by atoms with Crippen LogP contribution in [0.3, 0.4) is 0 Å². The van der Waals surface area contributed by atoms with E-state index in [1.54, 1.807) is 0 Å². The van der Waals surface area contributed by atoms with Crippen LogP contribution in [0.1, 0.15) is 44.9 Å². The van der Waals surface area contributed by atoms with Crippen LogP contribution in [0.5, 0.6) is 0 Å². The highest BCUT2D eigenvalue weighted by Crippen LogP contribution is 2.41. The fourth-order valence-electron chi connectivity index (χ4n) is 4.46. The van der Waals surface area contributed by atoms with Gasteiger partial charge in [-0.05, 0) is 48.6 Å². The van der Waals surface area contributed by atoms with Gasteiger partial charge in [0, 0.05) is 29.5 Å². The number of fused-ring (bicyclic) bond motifs is 2. The van der Waals surface area contributed by atoms with Crippen LogP contribution >= 0.6 is 0 Å². The molecule has 1 aromatic heterocycles. The Morgan fingerprint density at radius 2 is 1.86 bits per heavy atom. The van der Waals surface area contributed by atoms with Crippen molar-refractivity contribution in [1.29, 1.82) is 0 Å². The largest absolute Gasteiger partial charge is 0.382 e. The van der Waals surface area contributed by atoms with Gasteiger partial charge in [0.05, 0.1) is 0 Å². The lowest BCUT2D eigenvalue weighted by Crippen LogP contribution is -2.34. The maximum Gasteiger partial charge on any atom is 0.0437 e. The van der Waals surface area contributed by atoms with Crippen molar-refractivity contribution in [1.82, 2.24) is 4.98 Å². The maximum atomic E-state index is 4.29. The Bertz CT molecular complexity index is 616. The monoisotopic (exact) mass is 280 g/mol. The van der Waals surface area contributed by atoms with Crippen molar-refractivity contribution in [2.24, 2.45) is 11.8 Å². The van der Waals surface area contributed by atoms with E-state index in [-0.39, 0.29) is 0 Å². The Balaban J connectivity index is 1.52. The topological polar surface area (TPSA) is 24.9 Å². The second-order valence-corrected chi connectivity index (χ2v) is 6.86. The van der Waals surface area contributed by atoms with Crippen molar-refractivity contribution in [3.8, 4) is 0 Å². The molecule has 0 spiro atoms. The zero-order valence-corrected chi connectivity index (χ0v) is 12.6. The first-order chi connectivity index (χ1) is 10.4. The molecule has 2 aliphatic carbocycles. The molecule has 1 heterocycles. The van der Waals surface area contributed by atoms with Gasteiger partial charge in [0.1, 0.15) is 0 Å². The molecule has 0 saturated heterocycles. The zero-order valence-electron chi connectivity index (χ0n) is 12.6. The molecule has 21 heavy (non-hydrogen) atoms. The summed E-state index contributed by atoms with van der Waals surface area (Å²) in [5.41, 5.74) is 1.26. The first-order valence-electron chi connectivity index (χ1n) is 8.49. The lowest BCUT2D eigenvalue weighted by Gasteiger charge is -2.40. The number of anilines is 1. The second kappa shape index (κ2) is 5.67. The van der Waals surface area contributed by atoms with Crippen molar-refractivity contribution < 1.29 is 0 Å². The van der Waals surface area contributed by atoms with E-state index in [0.717, 1.165) is 11.8 Å². The van der Waals surface area contributed by atoms with Gasteiger partial charge in [-0.25, -0.2) is 0 Å². The summed E-state index contributed by atoms with van der Waals surface area (Å²) in [6, 6.07) is 9.27. The van der Waals surface area contributed by atoms with E-state index in [2.05, 4.69) is 34.6 Å². The molecular weight excluding hydrogens is 256 g/mol. The minimum atomic E-state index is 0.648. The van der Waals surface area contributed by atoms with Gasteiger partial charge in [-0.15, -0.1) is 0 Å². The van der Waals surface area contributed by atoms with E-state index in [4.69, 9.17) is 0 Å². The van der Waals surface area contributed by atoms with Crippen molar-refractivity contribution in [2.45, 2.75) is 51.0 Å². The highest BCUT2D eigenvalue weighted by molar-refractivity contribution is 5.93. The molecule has 2 fully saturated rings. The molecule has 1 aromatic carbocycles. The van der Waals surface area contributed by atoms with E-state index >= 15 is 0 Å². The summed E-state index contributed by atoms with van der Waals surface area (Å²) in [5, 5.41) is 6.35. The third-order valence-electron chi connectivity index (χ3n) is 5.58. The van der Waals surface area contributed by atoms with Crippen LogP contribution < -0.4 is 5.32 Å². The minimum Gasteiger partial charge on any atom is -0.382 e. The van der Waals surface area contributed by atoms with Gasteiger partial charge >= 0.3 is 0 Å². The van der Waals surface area contributed by atoms with Crippen LogP contribution in [-0.2, 0) is 0 Å². The maximum absolute atomic E-state index is 4.29. The molecule has 4 rings (SSSR count). The Kier molecular flexibility index (Phi) is 3.54. The summed E-state index contributed by atoms with van der Waals surface area (Å²) in [5.74, 6) is 1.99. The number of hydrogen-bond acceptors (Lipinski definition) is 2. The molecule has 1 N–H and O–H groups in total. The number of pyridine rings is 1. The van der Waals surface area contributed by atoms with E-state index in [1.807, 2.05) is 12.4 Å². The minimum absolute atomic E-state index is 0.648. The van der Waals surface area contributed by atoms with E-state index in [9.17, 15) is 0 Å². The summed E-state index contributed by atoms with van der Waals surface area (Å²) >= 11 is 0.